The van der Waals surface area contributed by atoms with Crippen LogP contribution >= 0.6 is 15.9 Å². The van der Waals surface area contributed by atoms with Gasteiger partial charge in [-0.05, 0) is 43.0 Å². The van der Waals surface area contributed by atoms with Crippen molar-refractivity contribution in [3.05, 3.63) is 69.7 Å². The summed E-state index contributed by atoms with van der Waals surface area (Å²) in [6, 6.07) is 15.5. The van der Waals surface area contributed by atoms with Crippen LogP contribution in [0.3, 0.4) is 0 Å². The maximum absolute atomic E-state index is 12.4. The van der Waals surface area contributed by atoms with Gasteiger partial charge >= 0.3 is 5.97 Å². The summed E-state index contributed by atoms with van der Waals surface area (Å²) in [5.41, 5.74) is 3.12. The second kappa shape index (κ2) is 8.41. The lowest BCUT2D eigenvalue weighted by molar-refractivity contribution is -0.136. The fourth-order valence-electron chi connectivity index (χ4n) is 2.27. The average Bonchev–Trinajstić information content (AvgIpc) is 2.51. The fraction of sp³-hybridized carbons (Fsp3) is 0.278. The molecule has 5 heteroatoms. The molecule has 0 heterocycles. The Bertz CT molecular complexity index is 680. The minimum atomic E-state index is -1.44. The standard InChI is InChI=1S/C18H19BrO3S/c1-13-2-4-14(5-3-13)8-11-17(18(20)21)23(22)12-15-6-9-16(19)10-7-15/h2-7,9-10,17H,8,11-12H2,1H3,(H,20,21). The molecule has 0 fully saturated rings. The van der Waals surface area contributed by atoms with E-state index in [4.69, 9.17) is 0 Å². The Balaban J connectivity index is 1.99. The van der Waals surface area contributed by atoms with E-state index < -0.39 is 22.0 Å². The molecule has 0 aliphatic carbocycles. The van der Waals surface area contributed by atoms with Crippen LogP contribution < -0.4 is 0 Å². The highest BCUT2D eigenvalue weighted by molar-refractivity contribution is 9.10. The number of carboxylic acids is 1. The third kappa shape index (κ3) is 5.59. The second-order valence-electron chi connectivity index (χ2n) is 5.50. The Kier molecular flexibility index (Phi) is 6.54. The van der Waals surface area contributed by atoms with Gasteiger partial charge in [0.1, 0.15) is 5.25 Å². The van der Waals surface area contributed by atoms with E-state index in [-0.39, 0.29) is 5.75 Å². The number of hydrogen-bond donors (Lipinski definition) is 1. The van der Waals surface area contributed by atoms with E-state index in [1.807, 2.05) is 55.5 Å². The summed E-state index contributed by atoms with van der Waals surface area (Å²) in [6.07, 6.45) is 0.991. The van der Waals surface area contributed by atoms with Crippen molar-refractivity contribution in [1.82, 2.24) is 0 Å². The predicted molar refractivity (Wildman–Crippen MR) is 96.9 cm³/mol. The smallest absolute Gasteiger partial charge is 0.319 e. The Labute approximate surface area is 147 Å². The lowest BCUT2D eigenvalue weighted by atomic mass is 10.1. The van der Waals surface area contributed by atoms with Crippen molar-refractivity contribution in [3.8, 4) is 0 Å². The molecular formula is C18H19BrO3S. The second-order valence-corrected chi connectivity index (χ2v) is 8.04. The normalized spacial score (nSPS) is 13.5. The van der Waals surface area contributed by atoms with E-state index in [2.05, 4.69) is 15.9 Å². The van der Waals surface area contributed by atoms with Crippen LogP contribution in [0.1, 0.15) is 23.1 Å². The van der Waals surface area contributed by atoms with E-state index in [1.54, 1.807) is 0 Å². The number of benzene rings is 2. The molecule has 122 valence electrons. The lowest BCUT2D eigenvalue weighted by Crippen LogP contribution is -2.27. The van der Waals surface area contributed by atoms with Crippen molar-refractivity contribution in [2.24, 2.45) is 0 Å². The maximum atomic E-state index is 12.4. The molecule has 0 saturated carbocycles. The van der Waals surface area contributed by atoms with Gasteiger partial charge in [0.25, 0.3) is 0 Å². The molecule has 0 aliphatic heterocycles. The van der Waals surface area contributed by atoms with Gasteiger partial charge in [0.2, 0.25) is 0 Å². The molecule has 2 unspecified atom stereocenters. The molecule has 0 aromatic heterocycles. The summed E-state index contributed by atoms with van der Waals surface area (Å²) < 4.78 is 13.4. The van der Waals surface area contributed by atoms with Crippen molar-refractivity contribution in [3.63, 3.8) is 0 Å². The number of aryl methyl sites for hydroxylation is 2. The van der Waals surface area contributed by atoms with Crippen molar-refractivity contribution < 1.29 is 14.1 Å². The summed E-state index contributed by atoms with van der Waals surface area (Å²) >= 11 is 3.35. The predicted octanol–water partition coefficient (Wildman–Crippen LogP) is 4.09. The molecule has 0 bridgehead atoms. The number of hydrogen-bond acceptors (Lipinski definition) is 2. The van der Waals surface area contributed by atoms with Gasteiger partial charge in [0.15, 0.2) is 0 Å². The largest absolute Gasteiger partial charge is 0.480 e. The van der Waals surface area contributed by atoms with Crippen LogP contribution in [0, 0.1) is 6.92 Å². The van der Waals surface area contributed by atoms with Gasteiger partial charge in [-0.15, -0.1) is 0 Å². The highest BCUT2D eigenvalue weighted by atomic mass is 79.9. The van der Waals surface area contributed by atoms with Crippen LogP contribution in [0.25, 0.3) is 0 Å². The summed E-state index contributed by atoms with van der Waals surface area (Å²) in [4.78, 5) is 11.5. The molecule has 3 nitrogen and oxygen atoms in total. The van der Waals surface area contributed by atoms with Gasteiger partial charge in [-0.1, -0.05) is 57.9 Å². The van der Waals surface area contributed by atoms with Crippen LogP contribution in [0.4, 0.5) is 0 Å². The molecule has 2 atom stereocenters. The number of aliphatic carboxylic acids is 1. The van der Waals surface area contributed by atoms with Crippen molar-refractivity contribution in [1.29, 1.82) is 0 Å². The topological polar surface area (TPSA) is 54.4 Å². The highest BCUT2D eigenvalue weighted by Gasteiger charge is 2.24. The van der Waals surface area contributed by atoms with Crippen LogP contribution in [-0.4, -0.2) is 20.5 Å². The quantitative estimate of drug-likeness (QED) is 0.768. The molecule has 23 heavy (non-hydrogen) atoms. The first-order chi connectivity index (χ1) is 11.0. The Morgan fingerprint density at radius 1 is 1.09 bits per heavy atom. The maximum Gasteiger partial charge on any atom is 0.319 e. The fourth-order valence-corrected chi connectivity index (χ4v) is 3.86. The van der Waals surface area contributed by atoms with E-state index >= 15 is 0 Å². The first-order valence-electron chi connectivity index (χ1n) is 7.35. The third-order valence-electron chi connectivity index (χ3n) is 3.63. The van der Waals surface area contributed by atoms with Gasteiger partial charge in [-0.3, -0.25) is 9.00 Å². The molecule has 0 saturated heterocycles. The SMILES string of the molecule is Cc1ccc(CCC(C(=O)O)S(=O)Cc2ccc(Br)cc2)cc1. The number of carboxylic acid groups (broad SMARTS) is 1. The van der Waals surface area contributed by atoms with Crippen molar-refractivity contribution >= 4 is 32.7 Å². The Morgan fingerprint density at radius 3 is 2.22 bits per heavy atom. The van der Waals surface area contributed by atoms with Crippen molar-refractivity contribution in [2.45, 2.75) is 30.8 Å². The summed E-state index contributed by atoms with van der Waals surface area (Å²) in [6.45, 7) is 2.01. The monoisotopic (exact) mass is 394 g/mol. The minimum Gasteiger partial charge on any atom is -0.480 e. The van der Waals surface area contributed by atoms with Crippen LogP contribution in [0.15, 0.2) is 53.0 Å². The van der Waals surface area contributed by atoms with Gasteiger partial charge in [-0.25, -0.2) is 0 Å². The first kappa shape index (κ1) is 17.9. The molecule has 2 aromatic rings. The zero-order chi connectivity index (χ0) is 16.8. The lowest BCUT2D eigenvalue weighted by Gasteiger charge is -2.12. The molecular weight excluding hydrogens is 376 g/mol. The van der Waals surface area contributed by atoms with Crippen LogP contribution in [-0.2, 0) is 27.8 Å². The molecule has 2 rings (SSSR count). The Hall–Kier alpha value is -1.46. The van der Waals surface area contributed by atoms with Crippen LogP contribution in [0.2, 0.25) is 0 Å². The summed E-state index contributed by atoms with van der Waals surface area (Å²) in [5.74, 6) is -0.731. The average molecular weight is 395 g/mol. The molecule has 0 spiro atoms. The first-order valence-corrected chi connectivity index (χ1v) is 9.53. The van der Waals surface area contributed by atoms with Gasteiger partial charge in [-0.2, -0.15) is 0 Å². The van der Waals surface area contributed by atoms with Crippen molar-refractivity contribution in [2.75, 3.05) is 0 Å². The van der Waals surface area contributed by atoms with Gasteiger partial charge < -0.3 is 5.11 Å². The van der Waals surface area contributed by atoms with E-state index in [0.717, 1.165) is 15.6 Å². The van der Waals surface area contributed by atoms with Gasteiger partial charge in [0.05, 0.1) is 0 Å². The number of halogens is 1. The Morgan fingerprint density at radius 2 is 1.65 bits per heavy atom. The summed E-state index contributed by atoms with van der Waals surface area (Å²) in [5, 5.41) is 8.54. The minimum absolute atomic E-state index is 0.262. The number of rotatable bonds is 7. The van der Waals surface area contributed by atoms with Gasteiger partial charge in [0, 0.05) is 21.0 Å². The zero-order valence-corrected chi connectivity index (χ0v) is 15.3. The zero-order valence-electron chi connectivity index (χ0n) is 12.9. The summed E-state index contributed by atoms with van der Waals surface area (Å²) in [7, 11) is -1.44. The molecule has 1 N–H and O–H groups in total. The van der Waals surface area contributed by atoms with E-state index in [0.29, 0.717) is 12.8 Å². The van der Waals surface area contributed by atoms with E-state index in [9.17, 15) is 14.1 Å². The van der Waals surface area contributed by atoms with Crippen LogP contribution in [0.5, 0.6) is 0 Å². The molecule has 0 radical (unpaired) electrons. The van der Waals surface area contributed by atoms with E-state index in [1.165, 1.54) is 5.56 Å². The number of carbonyl (C=O) groups is 1. The highest BCUT2D eigenvalue weighted by Crippen LogP contribution is 2.16. The molecule has 2 aromatic carbocycles. The molecule has 0 aliphatic rings. The molecule has 0 amide bonds. The third-order valence-corrected chi connectivity index (χ3v) is 5.85.